The van der Waals surface area contributed by atoms with Gasteiger partial charge in [0.15, 0.2) is 23.0 Å². The van der Waals surface area contributed by atoms with Crippen molar-refractivity contribution >= 4 is 68.4 Å². The Balaban J connectivity index is 1.22. The predicted molar refractivity (Wildman–Crippen MR) is 192 cm³/mol. The summed E-state index contributed by atoms with van der Waals surface area (Å²) >= 11 is 7.39. The number of nitrogens with zero attached hydrogens (tertiary/aromatic N) is 2. The number of hydrazone groups is 1. The molecule has 0 spiro atoms. The van der Waals surface area contributed by atoms with Gasteiger partial charge in [-0.15, -0.1) is 11.3 Å². The molecule has 14 nitrogen and oxygen atoms in total. The summed E-state index contributed by atoms with van der Waals surface area (Å²) in [4.78, 5) is 49.4. The normalized spacial score (nSPS) is 10.8. The van der Waals surface area contributed by atoms with Crippen molar-refractivity contribution in [2.45, 2.75) is 6.92 Å². The van der Waals surface area contributed by atoms with Crippen LogP contribution in [0.3, 0.4) is 0 Å². The van der Waals surface area contributed by atoms with E-state index < -0.39 is 22.7 Å². The number of nitrogens with one attached hydrogen (secondary N) is 2. The number of thiophene rings is 1. The zero-order valence-corrected chi connectivity index (χ0v) is 29.0. The predicted octanol–water partition coefficient (Wildman–Crippen LogP) is 7.12. The molecule has 0 aliphatic rings. The molecule has 1 aromatic heterocycles. The molecule has 0 aliphatic carbocycles. The second-order valence-corrected chi connectivity index (χ2v) is 11.8. The minimum absolute atomic E-state index is 0.0805. The highest BCUT2D eigenvalue weighted by Gasteiger charge is 2.22. The van der Waals surface area contributed by atoms with Crippen LogP contribution in [0.25, 0.3) is 10.1 Å². The molecule has 0 saturated heterocycles. The number of carbonyl (C=O) groups is 3. The maximum atomic E-state index is 13.1. The van der Waals surface area contributed by atoms with Crippen LogP contribution < -0.4 is 34.4 Å². The average molecular weight is 733 g/mol. The van der Waals surface area contributed by atoms with Crippen molar-refractivity contribution in [2.24, 2.45) is 5.10 Å². The standard InChI is InChI=1S/C35H29ClN4O10S/c1-5-49-26-14-19(6-13-25(26)50-35(43)32-30(36)24-12-11-23(40(44)45)17-29(24)51-32)18-37-39-34(42)20-7-9-22(10-8-20)38-33(41)21-15-27(46-2)31(48-4)28(16-21)47-3/h6-18H,5H2,1-4H3,(H,38,41)(H,39,42)/b37-18-. The van der Waals surface area contributed by atoms with Gasteiger partial charge in [0, 0.05) is 39.0 Å². The van der Waals surface area contributed by atoms with Crippen LogP contribution in [-0.2, 0) is 0 Å². The minimum atomic E-state index is -0.759. The van der Waals surface area contributed by atoms with Gasteiger partial charge in [0.1, 0.15) is 4.88 Å². The molecule has 5 rings (SSSR count). The van der Waals surface area contributed by atoms with Gasteiger partial charge in [-0.3, -0.25) is 19.7 Å². The first kappa shape index (κ1) is 36.1. The van der Waals surface area contributed by atoms with Crippen LogP contribution in [0.15, 0.2) is 77.9 Å². The van der Waals surface area contributed by atoms with E-state index in [0.717, 1.165) is 11.3 Å². The lowest BCUT2D eigenvalue weighted by atomic mass is 10.1. The van der Waals surface area contributed by atoms with E-state index in [-0.39, 0.29) is 44.8 Å². The van der Waals surface area contributed by atoms with Crippen molar-refractivity contribution in [2.75, 3.05) is 33.3 Å². The molecule has 4 aromatic carbocycles. The summed E-state index contributed by atoms with van der Waals surface area (Å²) in [6.45, 7) is 2.01. The van der Waals surface area contributed by atoms with Gasteiger partial charge in [-0.05, 0) is 73.2 Å². The Morgan fingerprint density at radius 3 is 2.20 bits per heavy atom. The Labute approximate surface area is 299 Å². The van der Waals surface area contributed by atoms with E-state index >= 15 is 0 Å². The van der Waals surface area contributed by atoms with Gasteiger partial charge in [0.2, 0.25) is 5.75 Å². The zero-order chi connectivity index (χ0) is 36.7. The lowest BCUT2D eigenvalue weighted by molar-refractivity contribution is -0.384. The summed E-state index contributed by atoms with van der Waals surface area (Å²) < 4.78 is 27.6. The molecule has 0 aliphatic heterocycles. The first-order chi connectivity index (χ1) is 24.6. The van der Waals surface area contributed by atoms with E-state index in [4.69, 9.17) is 35.3 Å². The molecule has 2 N–H and O–H groups in total. The summed E-state index contributed by atoms with van der Waals surface area (Å²) in [5.41, 5.74) is 3.84. The Bertz CT molecular complexity index is 2140. The number of hydrogen-bond acceptors (Lipinski definition) is 12. The summed E-state index contributed by atoms with van der Waals surface area (Å²) in [5.74, 6) is -0.335. The molecular weight excluding hydrogens is 704 g/mol. The van der Waals surface area contributed by atoms with Crippen molar-refractivity contribution in [3.05, 3.63) is 110 Å². The van der Waals surface area contributed by atoms with Crippen LogP contribution in [0.1, 0.15) is 42.9 Å². The molecule has 0 radical (unpaired) electrons. The molecule has 0 saturated carbocycles. The molecule has 0 fully saturated rings. The summed E-state index contributed by atoms with van der Waals surface area (Å²) in [6, 6.07) is 18.0. The van der Waals surface area contributed by atoms with Gasteiger partial charge in [-0.2, -0.15) is 5.10 Å². The molecule has 0 unspecified atom stereocenters. The lowest BCUT2D eigenvalue weighted by Gasteiger charge is -2.14. The smallest absolute Gasteiger partial charge is 0.355 e. The number of esters is 1. The number of carbonyl (C=O) groups excluding carboxylic acids is 3. The summed E-state index contributed by atoms with van der Waals surface area (Å²) in [7, 11) is 4.37. The van der Waals surface area contributed by atoms with Crippen molar-refractivity contribution in [1.29, 1.82) is 0 Å². The maximum absolute atomic E-state index is 13.1. The van der Waals surface area contributed by atoms with Crippen molar-refractivity contribution < 1.29 is 43.0 Å². The topological polar surface area (TPSA) is 177 Å². The van der Waals surface area contributed by atoms with E-state index in [9.17, 15) is 24.5 Å². The highest BCUT2D eigenvalue weighted by Crippen LogP contribution is 2.40. The second-order valence-electron chi connectivity index (χ2n) is 10.4. The van der Waals surface area contributed by atoms with Gasteiger partial charge in [0.25, 0.3) is 17.5 Å². The van der Waals surface area contributed by atoms with Crippen LogP contribution >= 0.6 is 22.9 Å². The average Bonchev–Trinajstić information content (AvgIpc) is 3.47. The summed E-state index contributed by atoms with van der Waals surface area (Å²) in [6.07, 6.45) is 1.38. The Morgan fingerprint density at radius 2 is 1.57 bits per heavy atom. The van der Waals surface area contributed by atoms with Crippen molar-refractivity contribution in [3.63, 3.8) is 0 Å². The number of nitro groups is 1. The first-order valence-electron chi connectivity index (χ1n) is 15.0. The van der Waals surface area contributed by atoms with Crippen LogP contribution in [-0.4, -0.2) is 56.9 Å². The number of fused-ring (bicyclic) bond motifs is 1. The minimum Gasteiger partial charge on any atom is -0.493 e. The Kier molecular flexibility index (Phi) is 11.3. The lowest BCUT2D eigenvalue weighted by Crippen LogP contribution is -2.18. The number of non-ortho nitro benzene ring substituents is 1. The number of ether oxygens (including phenoxy) is 5. The van der Waals surface area contributed by atoms with E-state index in [1.165, 1.54) is 76.1 Å². The number of halogens is 1. The second kappa shape index (κ2) is 16.0. The first-order valence-corrected chi connectivity index (χ1v) is 16.2. The van der Waals surface area contributed by atoms with E-state index in [1.54, 1.807) is 31.2 Å². The van der Waals surface area contributed by atoms with Crippen LogP contribution in [0.5, 0.6) is 28.7 Å². The molecule has 0 bridgehead atoms. The van der Waals surface area contributed by atoms with Gasteiger partial charge >= 0.3 is 5.97 Å². The highest BCUT2D eigenvalue weighted by atomic mass is 35.5. The van der Waals surface area contributed by atoms with Gasteiger partial charge in [0.05, 0.1) is 44.1 Å². The Hall–Kier alpha value is -6.19. The van der Waals surface area contributed by atoms with Crippen molar-refractivity contribution in [3.8, 4) is 28.7 Å². The Morgan fingerprint density at radius 1 is 0.863 bits per heavy atom. The molecule has 262 valence electrons. The zero-order valence-electron chi connectivity index (χ0n) is 27.5. The fraction of sp³-hybridized carbons (Fsp3) is 0.143. The third-order valence-electron chi connectivity index (χ3n) is 7.19. The van der Waals surface area contributed by atoms with Gasteiger partial charge in [-0.25, -0.2) is 10.2 Å². The molecule has 51 heavy (non-hydrogen) atoms. The number of benzene rings is 4. The van der Waals surface area contributed by atoms with E-state index in [1.807, 2.05) is 0 Å². The fourth-order valence-electron chi connectivity index (χ4n) is 4.75. The van der Waals surface area contributed by atoms with E-state index in [2.05, 4.69) is 15.8 Å². The number of nitro benzene ring substituents is 1. The molecule has 16 heteroatoms. The van der Waals surface area contributed by atoms with Crippen LogP contribution in [0, 0.1) is 10.1 Å². The number of amides is 2. The molecule has 5 aromatic rings. The number of methoxy groups -OCH3 is 3. The quantitative estimate of drug-likeness (QED) is 0.0416. The highest BCUT2D eigenvalue weighted by molar-refractivity contribution is 7.21. The number of rotatable bonds is 13. The largest absolute Gasteiger partial charge is 0.493 e. The SMILES string of the molecule is CCOc1cc(/C=N\NC(=O)c2ccc(NC(=O)c3cc(OC)c(OC)c(OC)c3)cc2)ccc1OC(=O)c1sc2cc([N+](=O)[O-])ccc2c1Cl. The van der Waals surface area contributed by atoms with Crippen molar-refractivity contribution in [1.82, 2.24) is 5.43 Å². The number of anilines is 1. The monoisotopic (exact) mass is 732 g/mol. The maximum Gasteiger partial charge on any atom is 0.355 e. The molecular formula is C35H29ClN4O10S. The summed E-state index contributed by atoms with van der Waals surface area (Å²) in [5, 5.41) is 18.5. The van der Waals surface area contributed by atoms with Crippen LogP contribution in [0.2, 0.25) is 5.02 Å². The third-order valence-corrected chi connectivity index (χ3v) is 8.83. The van der Waals surface area contributed by atoms with Gasteiger partial charge in [-0.1, -0.05) is 11.6 Å². The molecule has 2 amide bonds. The van der Waals surface area contributed by atoms with E-state index in [0.29, 0.717) is 38.6 Å². The molecule has 1 heterocycles. The third kappa shape index (κ3) is 8.17. The van der Waals surface area contributed by atoms with Gasteiger partial charge < -0.3 is 29.0 Å². The fourth-order valence-corrected chi connectivity index (χ4v) is 6.17. The van der Waals surface area contributed by atoms with Crippen LogP contribution in [0.4, 0.5) is 11.4 Å². The molecule has 0 atom stereocenters. The number of hydrogen-bond donors (Lipinski definition) is 2.